The molecule has 236 valence electrons. The van der Waals surface area contributed by atoms with E-state index in [1.165, 1.54) is 13.8 Å². The monoisotopic (exact) mass is 604 g/mol. The largest absolute Gasteiger partial charge is 0.394 e. The molecule has 0 saturated carbocycles. The van der Waals surface area contributed by atoms with Gasteiger partial charge in [0.1, 0.15) is 48.7 Å². The van der Waals surface area contributed by atoms with Crippen LogP contribution in [0.5, 0.6) is 0 Å². The fourth-order valence-corrected chi connectivity index (χ4v) is 5.18. The molecular weight excluding hydrogens is 564 g/mol. The predicted molar refractivity (Wildman–Crippen MR) is 150 cm³/mol. The smallest absolute Gasteiger partial charge is 0.217 e. The molecule has 2 aromatic carbocycles. The maximum absolute atomic E-state index is 12.2. The minimum Gasteiger partial charge on any atom is -0.394 e. The number of ether oxygens (including phenoxy) is 5. The van der Waals surface area contributed by atoms with Gasteiger partial charge >= 0.3 is 0 Å². The quantitative estimate of drug-likeness (QED) is 0.181. The molecule has 6 N–H and O–H groups in total. The third-order valence-electron chi connectivity index (χ3n) is 7.26. The van der Waals surface area contributed by atoms with E-state index in [9.17, 15) is 30.0 Å². The van der Waals surface area contributed by atoms with Gasteiger partial charge < -0.3 is 54.7 Å². The van der Waals surface area contributed by atoms with Gasteiger partial charge in [0, 0.05) is 13.8 Å². The molecule has 10 atom stereocenters. The van der Waals surface area contributed by atoms with Crippen LogP contribution in [0.15, 0.2) is 60.7 Å². The zero-order valence-corrected chi connectivity index (χ0v) is 24.0. The molecule has 43 heavy (non-hydrogen) atoms. The minimum atomic E-state index is -1.56. The van der Waals surface area contributed by atoms with Crippen LogP contribution in [0.25, 0.3) is 0 Å². The molecule has 2 saturated heterocycles. The first kappa shape index (κ1) is 32.9. The number of carbonyl (C=O) groups excluding carboxylic acids is 2. The van der Waals surface area contributed by atoms with E-state index in [0.29, 0.717) is 0 Å². The Morgan fingerprint density at radius 3 is 1.93 bits per heavy atom. The van der Waals surface area contributed by atoms with Gasteiger partial charge in [0.25, 0.3) is 0 Å². The third kappa shape index (κ3) is 8.79. The minimum absolute atomic E-state index is 0.0764. The zero-order chi connectivity index (χ0) is 30.9. The van der Waals surface area contributed by atoms with Crippen LogP contribution in [0.4, 0.5) is 0 Å². The van der Waals surface area contributed by atoms with Crippen molar-refractivity contribution < 1.29 is 53.7 Å². The first-order valence-electron chi connectivity index (χ1n) is 14.1. The maximum atomic E-state index is 12.2. The van der Waals surface area contributed by atoms with Gasteiger partial charge in [-0.15, -0.1) is 0 Å². The molecule has 2 aromatic rings. The van der Waals surface area contributed by atoms with Gasteiger partial charge in [0.15, 0.2) is 12.6 Å². The summed E-state index contributed by atoms with van der Waals surface area (Å²) in [7, 11) is 0. The molecule has 2 amide bonds. The lowest BCUT2D eigenvalue weighted by Gasteiger charge is -2.48. The van der Waals surface area contributed by atoms with Gasteiger partial charge in [-0.25, -0.2) is 0 Å². The van der Waals surface area contributed by atoms with Gasteiger partial charge in [-0.3, -0.25) is 9.59 Å². The van der Waals surface area contributed by atoms with Crippen molar-refractivity contribution in [3.8, 4) is 0 Å². The number of carbonyl (C=O) groups is 2. The lowest BCUT2D eigenvalue weighted by molar-refractivity contribution is -0.333. The van der Waals surface area contributed by atoms with E-state index < -0.39 is 79.7 Å². The first-order valence-corrected chi connectivity index (χ1v) is 14.1. The normalized spacial score (nSPS) is 32.6. The molecule has 2 aliphatic heterocycles. The van der Waals surface area contributed by atoms with Crippen molar-refractivity contribution in [2.24, 2.45) is 0 Å². The fraction of sp³-hybridized carbons (Fsp3) is 0.533. The SMILES string of the molecule is CC(=O)N[C@@H]1[C@@H](OCc2ccccc2)[C@H](O[C@@H]2O[C@H](CO)[C@@H](O)[C@H](O)[C@H]2NC(C)=O)[C@@H](COCc2ccccc2)O[C@@H]1O. The molecule has 0 aromatic heterocycles. The van der Waals surface area contributed by atoms with E-state index in [1.54, 1.807) is 0 Å². The van der Waals surface area contributed by atoms with Crippen LogP contribution < -0.4 is 10.6 Å². The van der Waals surface area contributed by atoms with Crippen LogP contribution in [-0.2, 0) is 46.5 Å². The molecule has 2 fully saturated rings. The van der Waals surface area contributed by atoms with E-state index >= 15 is 0 Å². The number of aliphatic hydroxyl groups excluding tert-OH is 4. The lowest BCUT2D eigenvalue weighted by Crippen LogP contribution is -2.69. The Morgan fingerprint density at radius 2 is 1.35 bits per heavy atom. The average molecular weight is 605 g/mol. The maximum Gasteiger partial charge on any atom is 0.217 e. The number of rotatable bonds is 12. The molecule has 2 heterocycles. The van der Waals surface area contributed by atoms with Crippen LogP contribution in [0.2, 0.25) is 0 Å². The highest BCUT2D eigenvalue weighted by Crippen LogP contribution is 2.31. The molecule has 4 rings (SSSR count). The van der Waals surface area contributed by atoms with Crippen LogP contribution in [0.1, 0.15) is 25.0 Å². The van der Waals surface area contributed by atoms with E-state index in [4.69, 9.17) is 23.7 Å². The lowest BCUT2D eigenvalue weighted by atomic mass is 9.94. The molecule has 13 heteroatoms. The molecule has 0 aliphatic carbocycles. The number of benzene rings is 2. The third-order valence-corrected chi connectivity index (χ3v) is 7.26. The highest BCUT2D eigenvalue weighted by molar-refractivity contribution is 5.73. The summed E-state index contributed by atoms with van der Waals surface area (Å²) in [5.41, 5.74) is 1.71. The Balaban J connectivity index is 1.65. The van der Waals surface area contributed by atoms with Crippen molar-refractivity contribution in [1.29, 1.82) is 0 Å². The van der Waals surface area contributed by atoms with Crippen molar-refractivity contribution >= 4 is 11.8 Å². The first-order chi connectivity index (χ1) is 20.7. The Bertz CT molecular complexity index is 1160. The van der Waals surface area contributed by atoms with Crippen LogP contribution in [-0.4, -0.2) is 107 Å². The molecule has 0 bridgehead atoms. The molecule has 2 aliphatic rings. The second-order valence-corrected chi connectivity index (χ2v) is 10.6. The van der Waals surface area contributed by atoms with Crippen molar-refractivity contribution in [3.05, 3.63) is 71.8 Å². The zero-order valence-electron chi connectivity index (χ0n) is 24.0. The second-order valence-electron chi connectivity index (χ2n) is 10.6. The molecule has 13 nitrogen and oxygen atoms in total. The number of hydrogen-bond donors (Lipinski definition) is 6. The Hall–Kier alpha value is -2.98. The van der Waals surface area contributed by atoms with Gasteiger partial charge in [0.2, 0.25) is 11.8 Å². The number of amides is 2. The number of aliphatic hydroxyl groups is 4. The van der Waals surface area contributed by atoms with Crippen molar-refractivity contribution in [2.45, 2.75) is 88.3 Å². The van der Waals surface area contributed by atoms with Crippen molar-refractivity contribution in [3.63, 3.8) is 0 Å². The summed E-state index contributed by atoms with van der Waals surface area (Å²) in [6.07, 6.45) is -10.4. The highest BCUT2D eigenvalue weighted by atomic mass is 16.7. The Labute approximate surface area is 249 Å². The summed E-state index contributed by atoms with van der Waals surface area (Å²) < 4.78 is 30.3. The van der Waals surface area contributed by atoms with Crippen molar-refractivity contribution in [1.82, 2.24) is 10.6 Å². The Morgan fingerprint density at radius 1 is 0.767 bits per heavy atom. The number of hydrogen-bond acceptors (Lipinski definition) is 11. The summed E-state index contributed by atoms with van der Waals surface area (Å²) >= 11 is 0. The van der Waals surface area contributed by atoms with Crippen LogP contribution in [0.3, 0.4) is 0 Å². The second kappa shape index (κ2) is 15.7. The van der Waals surface area contributed by atoms with Gasteiger partial charge in [-0.1, -0.05) is 60.7 Å². The topological polar surface area (TPSA) is 185 Å². The molecule has 0 radical (unpaired) electrons. The van der Waals surface area contributed by atoms with Gasteiger partial charge in [-0.05, 0) is 11.1 Å². The highest BCUT2D eigenvalue weighted by Gasteiger charge is 2.52. The average Bonchev–Trinajstić information content (AvgIpc) is 2.99. The summed E-state index contributed by atoms with van der Waals surface area (Å²) in [6, 6.07) is 16.3. The van der Waals surface area contributed by atoms with E-state index in [0.717, 1.165) is 11.1 Å². The predicted octanol–water partition coefficient (Wildman–Crippen LogP) is -0.661. The summed E-state index contributed by atoms with van der Waals surface area (Å²) in [5, 5.41) is 47.3. The summed E-state index contributed by atoms with van der Waals surface area (Å²) in [6.45, 7) is 2.09. The van der Waals surface area contributed by atoms with E-state index in [-0.39, 0.29) is 19.8 Å². The molecule has 0 spiro atoms. The summed E-state index contributed by atoms with van der Waals surface area (Å²) in [5.74, 6) is -0.982. The van der Waals surface area contributed by atoms with Crippen molar-refractivity contribution in [2.75, 3.05) is 13.2 Å². The fourth-order valence-electron chi connectivity index (χ4n) is 5.18. The van der Waals surface area contributed by atoms with E-state index in [1.807, 2.05) is 60.7 Å². The Kier molecular flexibility index (Phi) is 12.0. The van der Waals surface area contributed by atoms with E-state index in [2.05, 4.69) is 10.6 Å². The molecular formula is C30H40N2O11. The van der Waals surface area contributed by atoms with Gasteiger partial charge in [0.05, 0.1) is 26.4 Å². The molecule has 0 unspecified atom stereocenters. The van der Waals surface area contributed by atoms with Gasteiger partial charge in [-0.2, -0.15) is 0 Å². The number of nitrogens with one attached hydrogen (secondary N) is 2. The van der Waals surface area contributed by atoms with Crippen LogP contribution >= 0.6 is 0 Å². The standard InChI is InChI=1S/C30H40N2O11/c1-17(34)31-23-26(37)25(36)21(13-33)42-30(23)43-27-22(16-39-14-19-9-5-3-6-10-19)41-29(38)24(32-18(2)35)28(27)40-15-20-11-7-4-8-12-20/h3-12,21-30,33,36-38H,13-16H2,1-2H3,(H,31,34)(H,32,35)/t21-,22-,23-,24-,25-,26-,27-,28-,29+,30+/m1/s1. The summed E-state index contributed by atoms with van der Waals surface area (Å²) in [4.78, 5) is 24.2. The van der Waals surface area contributed by atoms with Crippen LogP contribution in [0, 0.1) is 0 Å².